The summed E-state index contributed by atoms with van der Waals surface area (Å²) in [5, 5.41) is 9.61. The zero-order chi connectivity index (χ0) is 13.3. The van der Waals surface area contributed by atoms with Crippen LogP contribution in [0.2, 0.25) is 0 Å². The maximum atomic E-state index is 11.7. The fraction of sp³-hybridized carbons (Fsp3) is 0.562. The summed E-state index contributed by atoms with van der Waals surface area (Å²) in [5.41, 5.74) is 0.661. The SMILES string of the molecule is O=C(O)C1(CC2Cc3ccccc3O2)CCCCC1. The lowest BCUT2D eigenvalue weighted by molar-refractivity contribution is -0.153. The van der Waals surface area contributed by atoms with Crippen LogP contribution in [-0.2, 0) is 11.2 Å². The quantitative estimate of drug-likeness (QED) is 0.905. The molecule has 3 nitrogen and oxygen atoms in total. The lowest BCUT2D eigenvalue weighted by atomic mass is 9.70. The molecule has 19 heavy (non-hydrogen) atoms. The second kappa shape index (κ2) is 4.87. The third kappa shape index (κ3) is 2.34. The predicted molar refractivity (Wildman–Crippen MR) is 72.3 cm³/mol. The number of carboxylic acid groups (broad SMARTS) is 1. The normalized spacial score (nSPS) is 24.5. The molecule has 1 aliphatic carbocycles. The van der Waals surface area contributed by atoms with E-state index in [0.29, 0.717) is 6.42 Å². The lowest BCUT2D eigenvalue weighted by Gasteiger charge is -2.34. The van der Waals surface area contributed by atoms with Gasteiger partial charge in [-0.05, 0) is 24.5 Å². The summed E-state index contributed by atoms with van der Waals surface area (Å²) >= 11 is 0. The highest BCUT2D eigenvalue weighted by molar-refractivity contribution is 5.74. The Labute approximate surface area is 113 Å². The summed E-state index contributed by atoms with van der Waals surface area (Å²) in [7, 11) is 0. The van der Waals surface area contributed by atoms with Crippen molar-refractivity contribution in [1.29, 1.82) is 0 Å². The monoisotopic (exact) mass is 260 g/mol. The maximum absolute atomic E-state index is 11.7. The van der Waals surface area contributed by atoms with Crippen LogP contribution in [0.1, 0.15) is 44.1 Å². The molecule has 1 atom stereocenters. The predicted octanol–water partition coefficient (Wildman–Crippen LogP) is 3.42. The van der Waals surface area contributed by atoms with Crippen LogP contribution in [0.5, 0.6) is 5.75 Å². The lowest BCUT2D eigenvalue weighted by Crippen LogP contribution is -2.38. The first kappa shape index (κ1) is 12.5. The molecule has 1 fully saturated rings. The highest BCUT2D eigenvalue weighted by Crippen LogP contribution is 2.43. The van der Waals surface area contributed by atoms with E-state index in [-0.39, 0.29) is 6.10 Å². The van der Waals surface area contributed by atoms with Gasteiger partial charge in [0.2, 0.25) is 0 Å². The van der Waals surface area contributed by atoms with E-state index in [4.69, 9.17) is 4.74 Å². The van der Waals surface area contributed by atoms with Crippen molar-refractivity contribution in [3.8, 4) is 5.75 Å². The van der Waals surface area contributed by atoms with Crippen LogP contribution in [0.15, 0.2) is 24.3 Å². The molecule has 3 heteroatoms. The van der Waals surface area contributed by atoms with Crippen molar-refractivity contribution >= 4 is 5.97 Å². The van der Waals surface area contributed by atoms with Gasteiger partial charge in [-0.15, -0.1) is 0 Å². The van der Waals surface area contributed by atoms with Crippen molar-refractivity contribution in [1.82, 2.24) is 0 Å². The topological polar surface area (TPSA) is 46.5 Å². The van der Waals surface area contributed by atoms with Gasteiger partial charge < -0.3 is 9.84 Å². The Kier molecular flexibility index (Phi) is 3.21. The van der Waals surface area contributed by atoms with Gasteiger partial charge in [-0.1, -0.05) is 37.5 Å². The second-order valence-corrected chi connectivity index (χ2v) is 5.90. The number of benzene rings is 1. The number of para-hydroxylation sites is 1. The van der Waals surface area contributed by atoms with E-state index in [0.717, 1.165) is 37.9 Å². The van der Waals surface area contributed by atoms with Crippen LogP contribution in [0.4, 0.5) is 0 Å². The molecule has 0 radical (unpaired) electrons. The molecule has 2 aliphatic rings. The summed E-state index contributed by atoms with van der Waals surface area (Å²) in [5.74, 6) is 0.301. The minimum Gasteiger partial charge on any atom is -0.490 e. The van der Waals surface area contributed by atoms with Crippen LogP contribution in [0, 0.1) is 5.41 Å². The highest BCUT2D eigenvalue weighted by atomic mass is 16.5. The Bertz CT molecular complexity index is 450. The summed E-state index contributed by atoms with van der Waals surface area (Å²) in [4.78, 5) is 11.7. The highest BCUT2D eigenvalue weighted by Gasteiger charge is 2.43. The average molecular weight is 260 g/mol. The maximum Gasteiger partial charge on any atom is 0.309 e. The van der Waals surface area contributed by atoms with Crippen molar-refractivity contribution in [3.63, 3.8) is 0 Å². The number of rotatable bonds is 3. The van der Waals surface area contributed by atoms with Gasteiger partial charge in [0.05, 0.1) is 5.41 Å². The van der Waals surface area contributed by atoms with E-state index in [1.165, 1.54) is 12.0 Å². The third-order valence-corrected chi connectivity index (χ3v) is 4.60. The van der Waals surface area contributed by atoms with E-state index >= 15 is 0 Å². The van der Waals surface area contributed by atoms with Gasteiger partial charge in [0.15, 0.2) is 0 Å². The first-order chi connectivity index (χ1) is 9.20. The van der Waals surface area contributed by atoms with Gasteiger partial charge >= 0.3 is 5.97 Å². The average Bonchev–Trinajstić information content (AvgIpc) is 2.81. The molecule has 1 aliphatic heterocycles. The largest absolute Gasteiger partial charge is 0.490 e. The minimum atomic E-state index is -0.633. The number of aliphatic carboxylic acids is 1. The van der Waals surface area contributed by atoms with Crippen molar-refractivity contribution in [2.75, 3.05) is 0 Å². The van der Waals surface area contributed by atoms with E-state index in [2.05, 4.69) is 6.07 Å². The molecule has 0 spiro atoms. The molecule has 3 rings (SSSR count). The molecule has 0 saturated heterocycles. The van der Waals surface area contributed by atoms with Gasteiger partial charge in [0, 0.05) is 12.8 Å². The van der Waals surface area contributed by atoms with Crippen LogP contribution >= 0.6 is 0 Å². The number of carboxylic acids is 1. The van der Waals surface area contributed by atoms with Gasteiger partial charge in [0.1, 0.15) is 11.9 Å². The minimum absolute atomic E-state index is 0.0339. The molecule has 1 heterocycles. The van der Waals surface area contributed by atoms with Crippen molar-refractivity contribution in [2.45, 2.75) is 51.0 Å². The standard InChI is InChI=1S/C16H20O3/c17-15(18)16(8-4-1-5-9-16)11-13-10-12-6-2-3-7-14(12)19-13/h2-3,6-7,13H,1,4-5,8-11H2,(H,17,18). The molecule has 0 aromatic heterocycles. The number of hydrogen-bond acceptors (Lipinski definition) is 2. The Morgan fingerprint density at radius 1 is 1.26 bits per heavy atom. The number of ether oxygens (including phenoxy) is 1. The summed E-state index contributed by atoms with van der Waals surface area (Å²) in [6.45, 7) is 0. The third-order valence-electron chi connectivity index (χ3n) is 4.60. The molecule has 1 unspecified atom stereocenters. The fourth-order valence-corrected chi connectivity index (χ4v) is 3.54. The molecule has 1 aromatic carbocycles. The van der Waals surface area contributed by atoms with Crippen molar-refractivity contribution in [2.24, 2.45) is 5.41 Å². The second-order valence-electron chi connectivity index (χ2n) is 5.90. The van der Waals surface area contributed by atoms with Gasteiger partial charge in [-0.3, -0.25) is 4.79 Å². The van der Waals surface area contributed by atoms with Crippen molar-refractivity contribution in [3.05, 3.63) is 29.8 Å². The first-order valence-electron chi connectivity index (χ1n) is 7.18. The summed E-state index contributed by atoms with van der Waals surface area (Å²) < 4.78 is 5.92. The summed E-state index contributed by atoms with van der Waals surface area (Å²) in [6, 6.07) is 8.03. The Morgan fingerprint density at radius 2 is 2.00 bits per heavy atom. The van der Waals surface area contributed by atoms with Crippen LogP contribution < -0.4 is 4.74 Å². The van der Waals surface area contributed by atoms with E-state index in [9.17, 15) is 9.90 Å². The van der Waals surface area contributed by atoms with Crippen LogP contribution in [-0.4, -0.2) is 17.2 Å². The number of hydrogen-bond donors (Lipinski definition) is 1. The molecular weight excluding hydrogens is 240 g/mol. The number of carbonyl (C=O) groups is 1. The van der Waals surface area contributed by atoms with Gasteiger partial charge in [-0.2, -0.15) is 0 Å². The van der Waals surface area contributed by atoms with Crippen molar-refractivity contribution < 1.29 is 14.6 Å². The fourth-order valence-electron chi connectivity index (χ4n) is 3.54. The van der Waals surface area contributed by atoms with Gasteiger partial charge in [-0.25, -0.2) is 0 Å². The zero-order valence-corrected chi connectivity index (χ0v) is 11.1. The Morgan fingerprint density at radius 3 is 2.68 bits per heavy atom. The van der Waals surface area contributed by atoms with Crippen LogP contribution in [0.3, 0.4) is 0 Å². The van der Waals surface area contributed by atoms with E-state index < -0.39 is 11.4 Å². The molecular formula is C16H20O3. The zero-order valence-electron chi connectivity index (χ0n) is 11.1. The molecule has 1 aromatic rings. The molecule has 0 bridgehead atoms. The molecule has 1 saturated carbocycles. The van der Waals surface area contributed by atoms with Crippen LogP contribution in [0.25, 0.3) is 0 Å². The van der Waals surface area contributed by atoms with Gasteiger partial charge in [0.25, 0.3) is 0 Å². The number of fused-ring (bicyclic) bond motifs is 1. The summed E-state index contributed by atoms with van der Waals surface area (Å²) in [6.07, 6.45) is 6.38. The molecule has 0 amide bonds. The molecule has 1 N–H and O–H groups in total. The Hall–Kier alpha value is -1.51. The van der Waals surface area contributed by atoms with E-state index in [1.54, 1.807) is 0 Å². The molecule has 102 valence electrons. The first-order valence-corrected chi connectivity index (χ1v) is 7.18. The Balaban J connectivity index is 1.73. The smallest absolute Gasteiger partial charge is 0.309 e. The van der Waals surface area contributed by atoms with E-state index in [1.807, 2.05) is 18.2 Å².